The number of nitrogens with zero attached hydrogens (tertiary/aromatic N) is 2. The van der Waals surface area contributed by atoms with E-state index >= 15 is 0 Å². The number of benzene rings is 1. The Labute approximate surface area is 153 Å². The van der Waals surface area contributed by atoms with Gasteiger partial charge < -0.3 is 4.74 Å². The van der Waals surface area contributed by atoms with Crippen LogP contribution in [0.4, 0.5) is 0 Å². The molecule has 1 unspecified atom stereocenters. The number of hydrogen-bond donors (Lipinski definition) is 0. The largest absolute Gasteiger partial charge is 0.497 e. The van der Waals surface area contributed by atoms with E-state index in [2.05, 4.69) is 19.9 Å². The van der Waals surface area contributed by atoms with Gasteiger partial charge in [0, 0.05) is 18.1 Å². The van der Waals surface area contributed by atoms with Gasteiger partial charge in [0.05, 0.1) is 24.7 Å². The number of Topliss-reactive ketones (excluding diaryl/α,β-unsaturated/α-hetero) is 1. The van der Waals surface area contributed by atoms with Crippen LogP contribution in [0, 0.1) is 22.7 Å². The van der Waals surface area contributed by atoms with E-state index in [9.17, 15) is 10.1 Å². The Hall–Kier alpha value is -2.06. The first-order valence-electron chi connectivity index (χ1n) is 8.32. The van der Waals surface area contributed by atoms with Crippen molar-refractivity contribution in [3.8, 4) is 11.8 Å². The van der Waals surface area contributed by atoms with E-state index in [0.29, 0.717) is 12.0 Å². The molecule has 0 N–H and O–H groups in total. The van der Waals surface area contributed by atoms with Crippen LogP contribution in [-0.2, 0) is 4.79 Å². The zero-order valence-electron chi connectivity index (χ0n) is 15.0. The van der Waals surface area contributed by atoms with Crippen molar-refractivity contribution in [2.24, 2.45) is 16.3 Å². The molecule has 0 radical (unpaired) electrons. The van der Waals surface area contributed by atoms with Crippen molar-refractivity contribution in [2.45, 2.75) is 32.6 Å². The number of thioether (sulfide) groups is 1. The Morgan fingerprint density at radius 2 is 1.92 bits per heavy atom. The van der Waals surface area contributed by atoms with Crippen LogP contribution < -0.4 is 4.74 Å². The highest BCUT2D eigenvalue weighted by Gasteiger charge is 2.46. The number of allylic oxidation sites excluding steroid dienone is 1. The number of hydrogen-bond acceptors (Lipinski definition) is 5. The number of carbonyl (C=O) groups is 1. The normalized spacial score (nSPS) is 25.1. The number of ether oxygens (including phenoxy) is 1. The summed E-state index contributed by atoms with van der Waals surface area (Å²) in [5, 5.41) is 10.5. The maximum absolute atomic E-state index is 13.0. The number of aliphatic imine (C=N–C) groups is 1. The highest BCUT2D eigenvalue weighted by Crippen LogP contribution is 2.48. The zero-order valence-corrected chi connectivity index (χ0v) is 15.8. The van der Waals surface area contributed by atoms with Crippen molar-refractivity contribution in [1.29, 1.82) is 5.26 Å². The minimum absolute atomic E-state index is 0.0788. The molecule has 130 valence electrons. The van der Waals surface area contributed by atoms with E-state index < -0.39 is 0 Å². The van der Waals surface area contributed by atoms with Crippen molar-refractivity contribution >= 4 is 23.3 Å². The minimum Gasteiger partial charge on any atom is -0.497 e. The minimum atomic E-state index is -0.327. The summed E-state index contributed by atoms with van der Waals surface area (Å²) in [5.74, 6) is 0.363. The zero-order chi connectivity index (χ0) is 18.2. The number of methoxy groups -OCH3 is 1. The summed E-state index contributed by atoms with van der Waals surface area (Å²) in [4.78, 5) is 17.7. The Bertz CT molecular complexity index is 800. The second-order valence-electron chi connectivity index (χ2n) is 7.35. The van der Waals surface area contributed by atoms with Gasteiger partial charge in [-0.25, -0.2) is 4.99 Å². The third-order valence-corrected chi connectivity index (χ3v) is 5.62. The first kappa shape index (κ1) is 17.8. The fraction of sp³-hybridized carbons (Fsp3) is 0.450. The second kappa shape index (κ2) is 6.68. The number of nitriles is 1. The van der Waals surface area contributed by atoms with Gasteiger partial charge in [0.15, 0.2) is 0 Å². The van der Waals surface area contributed by atoms with Crippen LogP contribution in [0.15, 0.2) is 39.9 Å². The van der Waals surface area contributed by atoms with Crippen molar-refractivity contribution in [3.63, 3.8) is 0 Å². The Balaban J connectivity index is 2.14. The van der Waals surface area contributed by atoms with E-state index in [1.165, 1.54) is 11.8 Å². The fourth-order valence-corrected chi connectivity index (χ4v) is 4.45. The highest BCUT2D eigenvalue weighted by molar-refractivity contribution is 8.02. The summed E-state index contributed by atoms with van der Waals surface area (Å²) < 4.78 is 5.24. The number of carbonyl (C=O) groups excluding carboxylic acids is 1. The average molecular weight is 354 g/mol. The van der Waals surface area contributed by atoms with Crippen LogP contribution in [0.3, 0.4) is 0 Å². The summed E-state index contributed by atoms with van der Waals surface area (Å²) in [6.07, 6.45) is 3.24. The van der Waals surface area contributed by atoms with Gasteiger partial charge in [0.2, 0.25) is 0 Å². The number of ketones is 1. The standard InChI is InChI=1S/C20H22N2O2S/c1-20(2)9-15-18(16(23)10-20)17(14(11-21)19(22-15)25-4)12-5-7-13(24-3)8-6-12/h5-8,17-18H,9-10H2,1-4H3/t17-,18?/m0/s1. The third-order valence-electron chi connectivity index (χ3n) is 4.93. The molecule has 1 fully saturated rings. The van der Waals surface area contributed by atoms with Crippen LogP contribution in [0.2, 0.25) is 0 Å². The van der Waals surface area contributed by atoms with Gasteiger partial charge in [0.25, 0.3) is 0 Å². The van der Waals surface area contributed by atoms with E-state index in [4.69, 9.17) is 9.73 Å². The van der Waals surface area contributed by atoms with Gasteiger partial charge in [-0.2, -0.15) is 5.26 Å². The lowest BCUT2D eigenvalue weighted by Crippen LogP contribution is -2.42. The van der Waals surface area contributed by atoms with Crippen molar-refractivity contribution in [1.82, 2.24) is 0 Å². The van der Waals surface area contributed by atoms with Crippen molar-refractivity contribution < 1.29 is 9.53 Å². The molecule has 5 heteroatoms. The lowest BCUT2D eigenvalue weighted by atomic mass is 9.64. The molecule has 0 amide bonds. The summed E-state index contributed by atoms with van der Waals surface area (Å²) in [5.41, 5.74) is 2.41. The first-order chi connectivity index (χ1) is 11.9. The average Bonchev–Trinajstić information content (AvgIpc) is 2.59. The molecule has 1 aliphatic heterocycles. The molecule has 0 bridgehead atoms. The quantitative estimate of drug-likeness (QED) is 0.810. The van der Waals surface area contributed by atoms with Crippen LogP contribution in [0.25, 0.3) is 0 Å². The molecule has 3 rings (SSSR count). The lowest BCUT2D eigenvalue weighted by Gasteiger charge is -2.40. The van der Waals surface area contributed by atoms with E-state index in [0.717, 1.165) is 28.5 Å². The Morgan fingerprint density at radius 3 is 2.48 bits per heavy atom. The number of fused-ring (bicyclic) bond motifs is 1. The Kier molecular flexibility index (Phi) is 4.75. The van der Waals surface area contributed by atoms with Gasteiger partial charge in [-0.1, -0.05) is 26.0 Å². The predicted octanol–water partition coefficient (Wildman–Crippen LogP) is 4.34. The van der Waals surface area contributed by atoms with Crippen LogP contribution >= 0.6 is 11.8 Å². The van der Waals surface area contributed by atoms with Crippen molar-refractivity contribution in [2.75, 3.05) is 13.4 Å². The maximum Gasteiger partial charge on any atom is 0.143 e. The monoisotopic (exact) mass is 354 g/mol. The van der Waals surface area contributed by atoms with Crippen LogP contribution in [0.5, 0.6) is 5.75 Å². The maximum atomic E-state index is 13.0. The van der Waals surface area contributed by atoms with Gasteiger partial charge in [-0.3, -0.25) is 4.79 Å². The lowest BCUT2D eigenvalue weighted by molar-refractivity contribution is -0.124. The smallest absolute Gasteiger partial charge is 0.143 e. The van der Waals surface area contributed by atoms with Crippen LogP contribution in [0.1, 0.15) is 38.2 Å². The summed E-state index contributed by atoms with van der Waals surface area (Å²) in [6, 6.07) is 9.99. The van der Waals surface area contributed by atoms with E-state index in [1.807, 2.05) is 30.5 Å². The molecule has 4 nitrogen and oxygen atoms in total. The summed E-state index contributed by atoms with van der Waals surface area (Å²) in [7, 11) is 1.62. The molecule has 25 heavy (non-hydrogen) atoms. The predicted molar refractivity (Wildman–Crippen MR) is 101 cm³/mol. The molecule has 0 saturated heterocycles. The van der Waals surface area contributed by atoms with E-state index in [1.54, 1.807) is 7.11 Å². The van der Waals surface area contributed by atoms with Gasteiger partial charge in [-0.15, -0.1) is 11.8 Å². The highest BCUT2D eigenvalue weighted by atomic mass is 32.2. The molecule has 0 aromatic heterocycles. The van der Waals surface area contributed by atoms with Crippen molar-refractivity contribution in [3.05, 3.63) is 40.4 Å². The van der Waals surface area contributed by atoms with Crippen LogP contribution in [-0.4, -0.2) is 24.9 Å². The fourth-order valence-electron chi connectivity index (χ4n) is 3.85. The molecule has 1 aliphatic carbocycles. The SMILES string of the molecule is COc1ccc([C@H]2C(C#N)=C(SC)N=C3CC(C)(C)CC(=O)C32)cc1. The molecule has 0 spiro atoms. The van der Waals surface area contributed by atoms with Gasteiger partial charge in [-0.05, 0) is 35.8 Å². The number of rotatable bonds is 3. The molecule has 1 heterocycles. The van der Waals surface area contributed by atoms with E-state index in [-0.39, 0.29) is 23.0 Å². The van der Waals surface area contributed by atoms with Gasteiger partial charge in [0.1, 0.15) is 16.6 Å². The molecule has 1 saturated carbocycles. The molecular weight excluding hydrogens is 332 g/mol. The second-order valence-corrected chi connectivity index (χ2v) is 8.15. The third kappa shape index (κ3) is 3.23. The topological polar surface area (TPSA) is 62.4 Å². The van der Waals surface area contributed by atoms with Gasteiger partial charge >= 0.3 is 0 Å². The molecule has 1 aromatic carbocycles. The summed E-state index contributed by atoms with van der Waals surface area (Å²) >= 11 is 1.48. The first-order valence-corrected chi connectivity index (χ1v) is 9.55. The molecular formula is C20H22N2O2S. The Morgan fingerprint density at radius 1 is 1.24 bits per heavy atom. The molecule has 2 atom stereocenters. The summed E-state index contributed by atoms with van der Waals surface area (Å²) in [6.45, 7) is 4.21. The molecule has 2 aliphatic rings. The molecule has 1 aromatic rings.